The summed E-state index contributed by atoms with van der Waals surface area (Å²) in [5.74, 6) is 0.789. The Morgan fingerprint density at radius 3 is 2.39 bits per heavy atom. The van der Waals surface area contributed by atoms with Crippen molar-refractivity contribution in [3.05, 3.63) is 33.8 Å². The molecule has 1 aromatic rings. The molecule has 1 nitrogen and oxygen atoms in total. The van der Waals surface area contributed by atoms with Gasteiger partial charge in [-0.25, -0.2) is 0 Å². The van der Waals surface area contributed by atoms with Crippen LogP contribution in [0.15, 0.2) is 18.2 Å². The second-order valence-corrected chi connectivity index (χ2v) is 6.34. The molecule has 0 atom stereocenters. The highest BCUT2D eigenvalue weighted by molar-refractivity contribution is 6.42. The second kappa shape index (κ2) is 6.27. The predicted molar refractivity (Wildman–Crippen MR) is 79.6 cm³/mol. The van der Waals surface area contributed by atoms with Crippen molar-refractivity contribution in [3.63, 3.8) is 0 Å². The van der Waals surface area contributed by atoms with Crippen LogP contribution in [0.5, 0.6) is 0 Å². The zero-order valence-corrected chi connectivity index (χ0v) is 12.6. The number of piperidine rings is 1. The lowest BCUT2D eigenvalue weighted by atomic mass is 9.90. The largest absolute Gasteiger partial charge is 0.301 e. The minimum atomic E-state index is 0.648. The minimum Gasteiger partial charge on any atom is -0.301 e. The summed E-state index contributed by atoms with van der Waals surface area (Å²) in [6.07, 6.45) is 3.71. The number of nitrogens with zero attached hydrogens (tertiary/aromatic N) is 1. The van der Waals surface area contributed by atoms with Crippen LogP contribution in [0.2, 0.25) is 10.0 Å². The zero-order chi connectivity index (χ0) is 13.1. The Kier molecular flexibility index (Phi) is 4.94. The van der Waals surface area contributed by atoms with Crippen molar-refractivity contribution in [2.24, 2.45) is 5.92 Å². The highest BCUT2D eigenvalue weighted by atomic mass is 35.5. The predicted octanol–water partition coefficient (Wildman–Crippen LogP) is 4.66. The van der Waals surface area contributed by atoms with Crippen LogP contribution >= 0.6 is 23.2 Å². The Hall–Kier alpha value is -0.240. The quantitative estimate of drug-likeness (QED) is 0.781. The lowest BCUT2D eigenvalue weighted by Gasteiger charge is -2.34. The first-order valence-electron chi connectivity index (χ1n) is 6.74. The summed E-state index contributed by atoms with van der Waals surface area (Å²) >= 11 is 12.0. The van der Waals surface area contributed by atoms with Crippen molar-refractivity contribution in [2.45, 2.75) is 39.2 Å². The Morgan fingerprint density at radius 2 is 1.83 bits per heavy atom. The van der Waals surface area contributed by atoms with E-state index in [2.05, 4.69) is 24.8 Å². The van der Waals surface area contributed by atoms with Crippen LogP contribution in [0, 0.1) is 5.92 Å². The smallest absolute Gasteiger partial charge is 0.0595 e. The fourth-order valence-corrected chi connectivity index (χ4v) is 2.99. The molecule has 18 heavy (non-hydrogen) atoms. The van der Waals surface area contributed by atoms with Gasteiger partial charge in [-0.3, -0.25) is 0 Å². The van der Waals surface area contributed by atoms with Gasteiger partial charge in [-0.15, -0.1) is 0 Å². The molecular weight excluding hydrogens is 265 g/mol. The molecule has 0 amide bonds. The summed E-state index contributed by atoms with van der Waals surface area (Å²) < 4.78 is 0. The number of likely N-dealkylation sites (tertiary alicyclic amines) is 1. The third-order valence-corrected chi connectivity index (χ3v) is 4.63. The molecule has 1 aliphatic heterocycles. The van der Waals surface area contributed by atoms with E-state index in [9.17, 15) is 0 Å². The van der Waals surface area contributed by atoms with Gasteiger partial charge in [0.1, 0.15) is 0 Å². The van der Waals surface area contributed by atoms with Gasteiger partial charge in [0.05, 0.1) is 10.0 Å². The third kappa shape index (κ3) is 3.63. The molecule has 0 unspecified atom stereocenters. The van der Waals surface area contributed by atoms with E-state index in [0.29, 0.717) is 16.1 Å². The van der Waals surface area contributed by atoms with E-state index in [-0.39, 0.29) is 0 Å². The lowest BCUT2D eigenvalue weighted by molar-refractivity contribution is 0.149. The highest BCUT2D eigenvalue weighted by Gasteiger charge is 2.21. The van der Waals surface area contributed by atoms with E-state index >= 15 is 0 Å². The average molecular weight is 286 g/mol. The van der Waals surface area contributed by atoms with Crippen LogP contribution < -0.4 is 0 Å². The average Bonchev–Trinajstić information content (AvgIpc) is 2.34. The molecule has 0 N–H and O–H groups in total. The number of benzene rings is 1. The summed E-state index contributed by atoms with van der Waals surface area (Å²) in [5.41, 5.74) is 1.31. The molecule has 2 rings (SSSR count). The maximum absolute atomic E-state index is 6.06. The molecule has 100 valence electrons. The van der Waals surface area contributed by atoms with Gasteiger partial charge in [0.25, 0.3) is 0 Å². The van der Waals surface area contributed by atoms with Gasteiger partial charge < -0.3 is 4.90 Å². The first kappa shape index (κ1) is 14.2. The minimum absolute atomic E-state index is 0.648. The fourth-order valence-electron chi connectivity index (χ4n) is 2.67. The normalized spacial score (nSPS) is 18.5. The van der Waals surface area contributed by atoms with Crippen molar-refractivity contribution < 1.29 is 0 Å². The number of rotatable bonds is 3. The summed E-state index contributed by atoms with van der Waals surface area (Å²) in [5, 5.41) is 1.32. The number of hydrogen-bond donors (Lipinski definition) is 0. The third-order valence-electron chi connectivity index (χ3n) is 3.89. The van der Waals surface area contributed by atoms with Crippen LogP contribution in [0.1, 0.15) is 32.3 Å². The summed E-state index contributed by atoms with van der Waals surface area (Å²) in [7, 11) is 0. The fraction of sp³-hybridized carbons (Fsp3) is 0.600. The number of hydrogen-bond acceptors (Lipinski definition) is 1. The first-order chi connectivity index (χ1) is 8.56. The van der Waals surface area contributed by atoms with Gasteiger partial charge >= 0.3 is 0 Å². The molecule has 0 saturated carbocycles. The molecule has 0 aromatic heterocycles. The molecule has 0 bridgehead atoms. The van der Waals surface area contributed by atoms with E-state index in [1.807, 2.05) is 12.1 Å². The van der Waals surface area contributed by atoms with E-state index in [1.165, 1.54) is 31.5 Å². The monoisotopic (exact) mass is 285 g/mol. The van der Waals surface area contributed by atoms with Crippen LogP contribution in [-0.2, 0) is 6.42 Å². The second-order valence-electron chi connectivity index (χ2n) is 5.53. The first-order valence-corrected chi connectivity index (χ1v) is 7.50. The van der Waals surface area contributed by atoms with Gasteiger partial charge in [0, 0.05) is 6.04 Å². The molecule has 0 radical (unpaired) electrons. The Balaban J connectivity index is 1.89. The van der Waals surface area contributed by atoms with Crippen LogP contribution in [0.4, 0.5) is 0 Å². The molecule has 1 heterocycles. The van der Waals surface area contributed by atoms with Crippen LogP contribution in [-0.4, -0.2) is 24.0 Å². The van der Waals surface area contributed by atoms with Crippen molar-refractivity contribution >= 4 is 23.2 Å². The van der Waals surface area contributed by atoms with Crippen molar-refractivity contribution in [1.29, 1.82) is 0 Å². The molecule has 0 aliphatic carbocycles. The van der Waals surface area contributed by atoms with E-state index < -0.39 is 0 Å². The van der Waals surface area contributed by atoms with Gasteiger partial charge in [-0.05, 0) is 69.8 Å². The molecule has 1 aromatic carbocycles. The highest BCUT2D eigenvalue weighted by Crippen LogP contribution is 2.27. The van der Waals surface area contributed by atoms with Gasteiger partial charge in [-0.2, -0.15) is 0 Å². The molecular formula is C15H21Cl2N. The Bertz CT molecular complexity index is 395. The zero-order valence-electron chi connectivity index (χ0n) is 11.1. The standard InChI is InChI=1S/C15H21Cl2N/c1-11(2)18-7-5-12(6-8-18)9-13-3-4-14(16)15(17)10-13/h3-4,10-12H,5-9H2,1-2H3. The maximum atomic E-state index is 6.06. The molecule has 3 heteroatoms. The van der Waals surface area contributed by atoms with Crippen LogP contribution in [0.25, 0.3) is 0 Å². The molecule has 1 aliphatic rings. The summed E-state index contributed by atoms with van der Waals surface area (Å²) in [6.45, 7) is 7.01. The summed E-state index contributed by atoms with van der Waals surface area (Å²) in [6, 6.07) is 6.69. The van der Waals surface area contributed by atoms with Crippen molar-refractivity contribution in [1.82, 2.24) is 4.90 Å². The van der Waals surface area contributed by atoms with Gasteiger partial charge in [-0.1, -0.05) is 29.3 Å². The van der Waals surface area contributed by atoms with Crippen molar-refractivity contribution in [3.8, 4) is 0 Å². The van der Waals surface area contributed by atoms with Gasteiger partial charge in [0.2, 0.25) is 0 Å². The lowest BCUT2D eigenvalue weighted by Crippen LogP contribution is -2.38. The topological polar surface area (TPSA) is 3.24 Å². The van der Waals surface area contributed by atoms with Crippen molar-refractivity contribution in [2.75, 3.05) is 13.1 Å². The SMILES string of the molecule is CC(C)N1CCC(Cc2ccc(Cl)c(Cl)c2)CC1. The molecule has 1 fully saturated rings. The Morgan fingerprint density at radius 1 is 1.17 bits per heavy atom. The summed E-state index contributed by atoms with van der Waals surface area (Å²) in [4.78, 5) is 2.56. The van der Waals surface area contributed by atoms with E-state index in [4.69, 9.17) is 23.2 Å². The van der Waals surface area contributed by atoms with E-state index in [0.717, 1.165) is 12.3 Å². The molecule has 0 spiro atoms. The van der Waals surface area contributed by atoms with Gasteiger partial charge in [0.15, 0.2) is 0 Å². The molecule has 1 saturated heterocycles. The maximum Gasteiger partial charge on any atom is 0.0595 e. The number of halogens is 2. The Labute approximate surface area is 120 Å². The van der Waals surface area contributed by atoms with E-state index in [1.54, 1.807) is 0 Å². The van der Waals surface area contributed by atoms with Crippen LogP contribution in [0.3, 0.4) is 0 Å².